The average molecular weight is 547 g/mol. The van der Waals surface area contributed by atoms with Crippen molar-refractivity contribution in [3.63, 3.8) is 0 Å². The first-order chi connectivity index (χ1) is 18.3. The number of ketones is 1. The lowest BCUT2D eigenvalue weighted by Crippen LogP contribution is -2.29. The van der Waals surface area contributed by atoms with Crippen molar-refractivity contribution in [2.24, 2.45) is 0 Å². The van der Waals surface area contributed by atoms with E-state index in [1.54, 1.807) is 54.6 Å². The zero-order valence-corrected chi connectivity index (χ0v) is 22.2. The number of nitrogens with zero attached hydrogens (tertiary/aromatic N) is 2. The highest BCUT2D eigenvalue weighted by Crippen LogP contribution is 2.45. The molecule has 7 nitrogen and oxygen atoms in total. The molecular weight excluding hydrogens is 524 g/mol. The second-order valence-corrected chi connectivity index (χ2v) is 10.7. The van der Waals surface area contributed by atoms with Gasteiger partial charge in [0, 0.05) is 17.0 Å². The van der Waals surface area contributed by atoms with E-state index in [9.17, 15) is 14.7 Å². The third kappa shape index (κ3) is 4.10. The first kappa shape index (κ1) is 24.5. The standard InChI is InChI=1S/C29H23ClN2O5S/c1-3-36-20-8-4-16(5-9-20)25-24(26(33)17-6-11-22-18(13-17)12-15(2)37-22)27(34)28(35)32(25)29-31-21-10-7-19(30)14-23(21)38-29/h4-11,13-15,25,33H,3,12H2,1-2H3/t15-,25+/m1/s1. The maximum Gasteiger partial charge on any atom is 0.301 e. The third-order valence-electron chi connectivity index (χ3n) is 6.67. The van der Waals surface area contributed by atoms with Crippen LogP contribution in [0.4, 0.5) is 5.13 Å². The number of thiazole rings is 1. The number of anilines is 1. The van der Waals surface area contributed by atoms with Crippen molar-refractivity contribution in [2.75, 3.05) is 11.5 Å². The number of benzene rings is 3. The minimum absolute atomic E-state index is 0.00311. The lowest BCUT2D eigenvalue weighted by atomic mass is 9.94. The van der Waals surface area contributed by atoms with Gasteiger partial charge in [-0.1, -0.05) is 35.1 Å². The van der Waals surface area contributed by atoms with Crippen LogP contribution < -0.4 is 14.4 Å². The summed E-state index contributed by atoms with van der Waals surface area (Å²) < 4.78 is 12.1. The van der Waals surface area contributed by atoms with E-state index in [1.165, 1.54) is 16.2 Å². The molecule has 2 aliphatic heterocycles. The molecule has 1 N–H and O–H groups in total. The highest BCUT2D eigenvalue weighted by atomic mass is 35.5. The fourth-order valence-corrected chi connectivity index (χ4v) is 6.24. The fraction of sp³-hybridized carbons (Fsp3) is 0.207. The van der Waals surface area contributed by atoms with Crippen LogP contribution >= 0.6 is 22.9 Å². The molecule has 0 aliphatic carbocycles. The van der Waals surface area contributed by atoms with Crippen molar-refractivity contribution in [3.8, 4) is 11.5 Å². The predicted molar refractivity (Wildman–Crippen MR) is 147 cm³/mol. The van der Waals surface area contributed by atoms with Gasteiger partial charge in [-0.2, -0.15) is 0 Å². The Hall–Kier alpha value is -3.88. The molecule has 0 unspecified atom stereocenters. The van der Waals surface area contributed by atoms with Crippen molar-refractivity contribution in [1.29, 1.82) is 0 Å². The first-order valence-electron chi connectivity index (χ1n) is 12.2. The maximum absolute atomic E-state index is 13.5. The molecule has 3 aromatic carbocycles. The van der Waals surface area contributed by atoms with Gasteiger partial charge in [0.25, 0.3) is 5.78 Å². The van der Waals surface area contributed by atoms with E-state index < -0.39 is 17.7 Å². The normalized spacial score (nSPS) is 20.1. The second-order valence-electron chi connectivity index (χ2n) is 9.23. The Bertz CT molecular complexity index is 1630. The number of aromatic nitrogens is 1. The van der Waals surface area contributed by atoms with Gasteiger partial charge in [-0.3, -0.25) is 14.5 Å². The van der Waals surface area contributed by atoms with Crippen molar-refractivity contribution in [2.45, 2.75) is 32.4 Å². The van der Waals surface area contributed by atoms with Crippen LogP contribution in [0.25, 0.3) is 16.0 Å². The molecule has 0 bridgehead atoms. The number of hydrogen-bond donors (Lipinski definition) is 1. The maximum atomic E-state index is 13.5. The summed E-state index contributed by atoms with van der Waals surface area (Å²) in [6.45, 7) is 4.37. The number of fused-ring (bicyclic) bond motifs is 2. The van der Waals surface area contributed by atoms with Gasteiger partial charge in [-0.15, -0.1) is 0 Å². The number of carbonyl (C=O) groups excluding carboxylic acids is 2. The van der Waals surface area contributed by atoms with Crippen molar-refractivity contribution < 1.29 is 24.2 Å². The van der Waals surface area contributed by atoms with Gasteiger partial charge in [0.1, 0.15) is 23.4 Å². The number of Topliss-reactive ketones (excluding diaryl/α,β-unsaturated/α-hetero) is 1. The SMILES string of the molecule is CCOc1ccc([C@H]2C(=C(O)c3ccc4c(c3)C[C@@H](C)O4)C(=O)C(=O)N2c2nc3ccc(Cl)cc3s2)cc1. The fourth-order valence-electron chi connectivity index (χ4n) is 4.97. The Morgan fingerprint density at radius 3 is 2.71 bits per heavy atom. The van der Waals surface area contributed by atoms with Crippen LogP contribution in [-0.2, 0) is 16.0 Å². The van der Waals surface area contributed by atoms with E-state index in [4.69, 9.17) is 21.1 Å². The van der Waals surface area contributed by atoms with Crippen LogP contribution in [0.15, 0.2) is 66.2 Å². The molecule has 0 saturated carbocycles. The number of amides is 1. The summed E-state index contributed by atoms with van der Waals surface area (Å²) in [6.07, 6.45) is 0.728. The van der Waals surface area contributed by atoms with Gasteiger partial charge in [-0.05, 0) is 73.5 Å². The lowest BCUT2D eigenvalue weighted by Gasteiger charge is -2.23. The summed E-state index contributed by atoms with van der Waals surface area (Å²) in [5.74, 6) is -0.352. The molecule has 192 valence electrons. The molecule has 1 fully saturated rings. The summed E-state index contributed by atoms with van der Waals surface area (Å²) in [5, 5.41) is 12.4. The Labute approximate surface area is 227 Å². The molecule has 1 aromatic heterocycles. The van der Waals surface area contributed by atoms with Crippen LogP contribution in [-0.4, -0.2) is 34.5 Å². The van der Waals surface area contributed by atoms with Crippen molar-refractivity contribution >= 4 is 55.7 Å². The van der Waals surface area contributed by atoms with Gasteiger partial charge in [-0.25, -0.2) is 4.98 Å². The topological polar surface area (TPSA) is 89.0 Å². The highest BCUT2D eigenvalue weighted by Gasteiger charge is 2.48. The summed E-state index contributed by atoms with van der Waals surface area (Å²) in [7, 11) is 0. The third-order valence-corrected chi connectivity index (χ3v) is 7.92. The van der Waals surface area contributed by atoms with Crippen molar-refractivity contribution in [3.05, 3.63) is 87.9 Å². The zero-order chi connectivity index (χ0) is 26.6. The number of ether oxygens (including phenoxy) is 2. The lowest BCUT2D eigenvalue weighted by molar-refractivity contribution is -0.132. The predicted octanol–water partition coefficient (Wildman–Crippen LogP) is 6.30. The minimum atomic E-state index is -0.884. The first-order valence-corrected chi connectivity index (χ1v) is 13.4. The molecule has 2 atom stereocenters. The summed E-state index contributed by atoms with van der Waals surface area (Å²) in [6, 6.07) is 16.8. The molecule has 6 rings (SSSR count). The second kappa shape index (κ2) is 9.45. The Morgan fingerprint density at radius 2 is 1.95 bits per heavy atom. The minimum Gasteiger partial charge on any atom is -0.507 e. The molecule has 0 spiro atoms. The molecule has 4 aromatic rings. The molecular formula is C29H23ClN2O5S. The molecule has 0 radical (unpaired) electrons. The number of hydrogen-bond acceptors (Lipinski definition) is 7. The van der Waals surface area contributed by atoms with Gasteiger partial charge in [0.05, 0.1) is 28.4 Å². The summed E-state index contributed by atoms with van der Waals surface area (Å²) >= 11 is 7.43. The van der Waals surface area contributed by atoms with E-state index in [0.717, 1.165) is 16.0 Å². The van der Waals surface area contributed by atoms with Crippen LogP contribution in [0, 0.1) is 0 Å². The molecule has 38 heavy (non-hydrogen) atoms. The van der Waals surface area contributed by atoms with E-state index in [0.29, 0.717) is 45.6 Å². The van der Waals surface area contributed by atoms with E-state index in [-0.39, 0.29) is 17.4 Å². The van der Waals surface area contributed by atoms with Gasteiger partial charge >= 0.3 is 5.91 Å². The summed E-state index contributed by atoms with van der Waals surface area (Å²) in [5.41, 5.74) is 2.70. The number of rotatable bonds is 5. The smallest absolute Gasteiger partial charge is 0.301 e. The number of aliphatic hydroxyl groups is 1. The van der Waals surface area contributed by atoms with Gasteiger partial charge < -0.3 is 14.6 Å². The quantitative estimate of drug-likeness (QED) is 0.179. The van der Waals surface area contributed by atoms with Gasteiger partial charge in [0.15, 0.2) is 5.13 Å². The summed E-state index contributed by atoms with van der Waals surface area (Å²) in [4.78, 5) is 33.0. The highest BCUT2D eigenvalue weighted by molar-refractivity contribution is 7.22. The van der Waals surface area contributed by atoms with Crippen LogP contribution in [0.3, 0.4) is 0 Å². The number of carbonyl (C=O) groups is 2. The number of aliphatic hydroxyl groups excluding tert-OH is 1. The van der Waals surface area contributed by atoms with Crippen LogP contribution in [0.1, 0.15) is 36.6 Å². The van der Waals surface area contributed by atoms with Crippen molar-refractivity contribution in [1.82, 2.24) is 4.98 Å². The van der Waals surface area contributed by atoms with E-state index in [1.807, 2.05) is 19.9 Å². The molecule has 3 heterocycles. The molecule has 1 saturated heterocycles. The van der Waals surface area contributed by atoms with E-state index in [2.05, 4.69) is 4.98 Å². The van der Waals surface area contributed by atoms with E-state index >= 15 is 0 Å². The Kier molecular flexibility index (Phi) is 6.08. The van der Waals surface area contributed by atoms with Crippen LogP contribution in [0.2, 0.25) is 5.02 Å². The largest absolute Gasteiger partial charge is 0.507 e. The Morgan fingerprint density at radius 1 is 1.16 bits per heavy atom. The van der Waals surface area contributed by atoms with Gasteiger partial charge in [0.2, 0.25) is 0 Å². The molecule has 9 heteroatoms. The van der Waals surface area contributed by atoms with Crippen LogP contribution in [0.5, 0.6) is 11.5 Å². The molecule has 1 amide bonds. The molecule has 2 aliphatic rings. The number of halogens is 1. The zero-order valence-electron chi connectivity index (χ0n) is 20.6. The monoisotopic (exact) mass is 546 g/mol. The average Bonchev–Trinajstić information content (AvgIpc) is 3.56. The Balaban J connectivity index is 1.51.